The van der Waals surface area contributed by atoms with Gasteiger partial charge < -0.3 is 9.84 Å². The summed E-state index contributed by atoms with van der Waals surface area (Å²) in [6.45, 7) is 6.06. The summed E-state index contributed by atoms with van der Waals surface area (Å²) in [5.41, 5.74) is 3.03. The van der Waals surface area contributed by atoms with E-state index in [2.05, 4.69) is 22.0 Å². The van der Waals surface area contributed by atoms with Crippen molar-refractivity contribution in [3.63, 3.8) is 0 Å². The summed E-state index contributed by atoms with van der Waals surface area (Å²) in [5.74, 6) is 0.743. The Hall–Kier alpha value is -0.840. The largest absolute Gasteiger partial charge is 0.496 e. The first-order chi connectivity index (χ1) is 8.93. The van der Waals surface area contributed by atoms with Crippen LogP contribution in [0.4, 0.5) is 0 Å². The number of ether oxygens (including phenoxy) is 1. The third-order valence-corrected chi connectivity index (χ3v) is 5.32. The van der Waals surface area contributed by atoms with Gasteiger partial charge in [0.2, 0.25) is 0 Å². The van der Waals surface area contributed by atoms with Gasteiger partial charge in [-0.3, -0.25) is 0 Å². The summed E-state index contributed by atoms with van der Waals surface area (Å²) in [6, 6.07) is 6.00. The van der Waals surface area contributed by atoms with Gasteiger partial charge in [-0.05, 0) is 60.0 Å². The number of benzene rings is 1. The first-order valence-corrected chi connectivity index (χ1v) is 7.64. The van der Waals surface area contributed by atoms with Crippen molar-refractivity contribution in [3.05, 3.63) is 49.1 Å². The molecule has 2 nitrogen and oxygen atoms in total. The Balaban J connectivity index is 2.51. The SMILES string of the molecule is COc1cc(C)cc(C)c1C(O)c1cc(Br)c(C)s1. The molecule has 1 N–H and O–H groups in total. The Morgan fingerprint density at radius 3 is 2.42 bits per heavy atom. The maximum atomic E-state index is 10.6. The molecule has 0 amide bonds. The van der Waals surface area contributed by atoms with Crippen molar-refractivity contribution in [2.75, 3.05) is 7.11 Å². The Bertz CT molecular complexity index is 585. The Kier molecular flexibility index (Phi) is 4.33. The maximum absolute atomic E-state index is 10.6. The smallest absolute Gasteiger partial charge is 0.125 e. The third-order valence-electron chi connectivity index (χ3n) is 3.13. The minimum absolute atomic E-state index is 0.648. The van der Waals surface area contributed by atoms with E-state index in [0.29, 0.717) is 0 Å². The van der Waals surface area contributed by atoms with Crippen molar-refractivity contribution < 1.29 is 9.84 Å². The van der Waals surface area contributed by atoms with Crippen LogP contribution in [-0.2, 0) is 0 Å². The van der Waals surface area contributed by atoms with Gasteiger partial charge in [0, 0.05) is 19.8 Å². The van der Waals surface area contributed by atoms with Gasteiger partial charge in [0.15, 0.2) is 0 Å². The second kappa shape index (κ2) is 5.65. The molecule has 0 aliphatic rings. The molecule has 102 valence electrons. The van der Waals surface area contributed by atoms with Crippen molar-refractivity contribution in [1.29, 1.82) is 0 Å². The highest BCUT2D eigenvalue weighted by Crippen LogP contribution is 2.38. The van der Waals surface area contributed by atoms with Crippen LogP contribution in [0.3, 0.4) is 0 Å². The van der Waals surface area contributed by atoms with Gasteiger partial charge in [-0.2, -0.15) is 0 Å². The molecule has 2 rings (SSSR count). The molecule has 0 radical (unpaired) electrons. The molecule has 1 heterocycles. The van der Waals surface area contributed by atoms with E-state index in [9.17, 15) is 5.11 Å². The third kappa shape index (κ3) is 2.86. The molecular weight excluding hydrogens is 324 g/mol. The molecule has 0 saturated heterocycles. The molecule has 1 aromatic heterocycles. The lowest BCUT2D eigenvalue weighted by atomic mass is 9.98. The van der Waals surface area contributed by atoms with Gasteiger partial charge in [-0.25, -0.2) is 0 Å². The predicted molar refractivity (Wildman–Crippen MR) is 83.3 cm³/mol. The fraction of sp³-hybridized carbons (Fsp3) is 0.333. The highest BCUT2D eigenvalue weighted by Gasteiger charge is 2.20. The lowest BCUT2D eigenvalue weighted by molar-refractivity contribution is 0.217. The van der Waals surface area contributed by atoms with E-state index in [-0.39, 0.29) is 0 Å². The summed E-state index contributed by atoms with van der Waals surface area (Å²) in [6.07, 6.45) is -0.648. The average Bonchev–Trinajstić information content (AvgIpc) is 2.68. The number of aryl methyl sites for hydroxylation is 3. The monoisotopic (exact) mass is 340 g/mol. The first-order valence-electron chi connectivity index (χ1n) is 6.03. The van der Waals surface area contributed by atoms with Crippen molar-refractivity contribution in [2.45, 2.75) is 26.9 Å². The van der Waals surface area contributed by atoms with Crippen molar-refractivity contribution in [3.8, 4) is 5.75 Å². The Labute approximate surface area is 126 Å². The van der Waals surface area contributed by atoms with E-state index < -0.39 is 6.10 Å². The van der Waals surface area contributed by atoms with Crippen LogP contribution in [0.5, 0.6) is 5.75 Å². The summed E-state index contributed by atoms with van der Waals surface area (Å²) >= 11 is 5.09. The van der Waals surface area contributed by atoms with Crippen LogP contribution in [0.1, 0.15) is 32.5 Å². The van der Waals surface area contributed by atoms with Crippen LogP contribution < -0.4 is 4.74 Å². The quantitative estimate of drug-likeness (QED) is 0.889. The summed E-state index contributed by atoms with van der Waals surface area (Å²) < 4.78 is 6.46. The van der Waals surface area contributed by atoms with Gasteiger partial charge in [-0.15, -0.1) is 11.3 Å². The molecule has 0 bridgehead atoms. The molecular formula is C15H17BrO2S. The molecule has 1 atom stereocenters. The van der Waals surface area contributed by atoms with E-state index in [1.165, 1.54) is 0 Å². The number of hydrogen-bond acceptors (Lipinski definition) is 3. The fourth-order valence-electron chi connectivity index (χ4n) is 2.22. The van der Waals surface area contributed by atoms with Gasteiger partial charge in [-0.1, -0.05) is 6.07 Å². The molecule has 2 aromatic rings. The van der Waals surface area contributed by atoms with E-state index in [4.69, 9.17) is 4.74 Å². The first kappa shape index (κ1) is 14.6. The number of methoxy groups -OCH3 is 1. The number of aliphatic hydroxyl groups is 1. The maximum Gasteiger partial charge on any atom is 0.125 e. The molecule has 4 heteroatoms. The van der Waals surface area contributed by atoms with Crippen LogP contribution in [-0.4, -0.2) is 12.2 Å². The number of aliphatic hydroxyl groups excluding tert-OH is 1. The van der Waals surface area contributed by atoms with Gasteiger partial charge >= 0.3 is 0 Å². The highest BCUT2D eigenvalue weighted by atomic mass is 79.9. The Morgan fingerprint density at radius 2 is 1.89 bits per heavy atom. The Morgan fingerprint density at radius 1 is 1.21 bits per heavy atom. The zero-order valence-electron chi connectivity index (χ0n) is 11.5. The zero-order valence-corrected chi connectivity index (χ0v) is 13.9. The number of thiophene rings is 1. The van der Waals surface area contributed by atoms with E-state index in [1.807, 2.05) is 32.9 Å². The molecule has 0 aliphatic carbocycles. The minimum atomic E-state index is -0.648. The number of rotatable bonds is 3. The van der Waals surface area contributed by atoms with Crippen LogP contribution in [0.25, 0.3) is 0 Å². The van der Waals surface area contributed by atoms with Gasteiger partial charge in [0.1, 0.15) is 11.9 Å². The van der Waals surface area contributed by atoms with Crippen molar-refractivity contribution in [1.82, 2.24) is 0 Å². The summed E-state index contributed by atoms with van der Waals surface area (Å²) in [5, 5.41) is 10.6. The van der Waals surface area contributed by atoms with Crippen molar-refractivity contribution in [2.24, 2.45) is 0 Å². The van der Waals surface area contributed by atoms with Crippen LogP contribution in [0, 0.1) is 20.8 Å². The topological polar surface area (TPSA) is 29.5 Å². The molecule has 0 fully saturated rings. The van der Waals surface area contributed by atoms with E-state index in [0.717, 1.165) is 36.7 Å². The predicted octanol–water partition coefficient (Wildman–Crippen LogP) is 4.53. The van der Waals surface area contributed by atoms with E-state index in [1.54, 1.807) is 18.4 Å². The second-order valence-corrected chi connectivity index (χ2v) is 6.80. The average molecular weight is 341 g/mol. The summed E-state index contributed by atoms with van der Waals surface area (Å²) in [4.78, 5) is 2.09. The molecule has 1 aromatic carbocycles. The van der Waals surface area contributed by atoms with Crippen LogP contribution >= 0.6 is 27.3 Å². The van der Waals surface area contributed by atoms with Crippen LogP contribution in [0.15, 0.2) is 22.7 Å². The minimum Gasteiger partial charge on any atom is -0.496 e. The van der Waals surface area contributed by atoms with Gasteiger partial charge in [0.25, 0.3) is 0 Å². The second-order valence-electron chi connectivity index (χ2n) is 4.65. The van der Waals surface area contributed by atoms with E-state index >= 15 is 0 Å². The lowest BCUT2D eigenvalue weighted by Crippen LogP contribution is -2.04. The zero-order chi connectivity index (χ0) is 14.2. The standard InChI is InChI=1S/C15H17BrO2S/c1-8-5-9(2)14(12(6-8)18-4)15(17)13-7-11(16)10(3)19-13/h5-7,15,17H,1-4H3. The molecule has 0 saturated carbocycles. The van der Waals surface area contributed by atoms with Gasteiger partial charge in [0.05, 0.1) is 7.11 Å². The molecule has 19 heavy (non-hydrogen) atoms. The number of hydrogen-bond donors (Lipinski definition) is 1. The normalized spacial score (nSPS) is 12.5. The highest BCUT2D eigenvalue weighted by molar-refractivity contribution is 9.10. The van der Waals surface area contributed by atoms with Crippen molar-refractivity contribution >= 4 is 27.3 Å². The molecule has 1 unspecified atom stereocenters. The fourth-order valence-corrected chi connectivity index (χ4v) is 3.77. The molecule has 0 spiro atoms. The molecule has 0 aliphatic heterocycles. The lowest BCUT2D eigenvalue weighted by Gasteiger charge is -2.17. The van der Waals surface area contributed by atoms with Crippen LogP contribution in [0.2, 0.25) is 0 Å². The summed E-state index contributed by atoms with van der Waals surface area (Å²) in [7, 11) is 1.64. The number of halogens is 1.